The number of nitrogen functional groups attached to an aromatic ring is 1. The summed E-state index contributed by atoms with van der Waals surface area (Å²) in [6, 6.07) is 4.90. The quantitative estimate of drug-likeness (QED) is 0.806. The molecule has 1 aromatic carbocycles. The van der Waals surface area contributed by atoms with Crippen LogP contribution < -0.4 is 10.5 Å². The SMILES string of the molecule is CCC(NS(=O)(=O)c1ccc(C)cc1N)C(C)C. The zero-order chi connectivity index (χ0) is 13.9. The van der Waals surface area contributed by atoms with Crippen LogP contribution in [0.15, 0.2) is 23.1 Å². The average Bonchev–Trinajstić information content (AvgIpc) is 2.24. The molecule has 5 heteroatoms. The Bertz CT molecular complexity index is 510. The molecule has 0 aliphatic carbocycles. The third kappa shape index (κ3) is 3.46. The highest BCUT2D eigenvalue weighted by molar-refractivity contribution is 7.89. The van der Waals surface area contributed by atoms with E-state index in [1.165, 1.54) is 0 Å². The summed E-state index contributed by atoms with van der Waals surface area (Å²) in [4.78, 5) is 0.159. The van der Waals surface area contributed by atoms with Gasteiger partial charge in [-0.3, -0.25) is 0 Å². The summed E-state index contributed by atoms with van der Waals surface area (Å²) in [7, 11) is -3.54. The predicted octanol–water partition coefficient (Wildman–Crippen LogP) is 2.29. The van der Waals surface area contributed by atoms with Gasteiger partial charge < -0.3 is 5.73 Å². The fraction of sp³-hybridized carbons (Fsp3) is 0.538. The van der Waals surface area contributed by atoms with E-state index in [1.54, 1.807) is 18.2 Å². The second kappa shape index (κ2) is 5.71. The molecular weight excluding hydrogens is 248 g/mol. The van der Waals surface area contributed by atoms with Crippen LogP contribution in [-0.4, -0.2) is 14.5 Å². The maximum atomic E-state index is 12.2. The van der Waals surface area contributed by atoms with Gasteiger partial charge in [-0.2, -0.15) is 0 Å². The van der Waals surface area contributed by atoms with Gasteiger partial charge in [-0.25, -0.2) is 13.1 Å². The van der Waals surface area contributed by atoms with Crippen molar-refractivity contribution in [2.45, 2.75) is 45.1 Å². The topological polar surface area (TPSA) is 72.2 Å². The van der Waals surface area contributed by atoms with Crippen LogP contribution in [0.25, 0.3) is 0 Å². The van der Waals surface area contributed by atoms with Crippen LogP contribution in [-0.2, 0) is 10.0 Å². The second-order valence-electron chi connectivity index (χ2n) is 4.92. The lowest BCUT2D eigenvalue weighted by Crippen LogP contribution is -2.38. The first kappa shape index (κ1) is 15.0. The Kier molecular flexibility index (Phi) is 4.76. The summed E-state index contributed by atoms with van der Waals surface area (Å²) in [6.45, 7) is 7.83. The Hall–Kier alpha value is -1.07. The Morgan fingerprint density at radius 1 is 1.33 bits per heavy atom. The van der Waals surface area contributed by atoms with Crippen LogP contribution in [0.4, 0.5) is 5.69 Å². The van der Waals surface area contributed by atoms with Crippen molar-refractivity contribution in [2.24, 2.45) is 5.92 Å². The highest BCUT2D eigenvalue weighted by Gasteiger charge is 2.22. The summed E-state index contributed by atoms with van der Waals surface area (Å²) in [5, 5.41) is 0. The first-order chi connectivity index (χ1) is 8.27. The Morgan fingerprint density at radius 3 is 2.39 bits per heavy atom. The van der Waals surface area contributed by atoms with E-state index in [-0.39, 0.29) is 16.9 Å². The van der Waals surface area contributed by atoms with Gasteiger partial charge in [0, 0.05) is 6.04 Å². The second-order valence-corrected chi connectivity index (χ2v) is 6.60. The van der Waals surface area contributed by atoms with E-state index >= 15 is 0 Å². The van der Waals surface area contributed by atoms with Gasteiger partial charge in [-0.05, 0) is 37.0 Å². The normalized spacial score (nSPS) is 13.8. The third-order valence-corrected chi connectivity index (χ3v) is 4.57. The zero-order valence-electron chi connectivity index (χ0n) is 11.4. The number of nitrogens with two attached hydrogens (primary N) is 1. The van der Waals surface area contributed by atoms with Crippen LogP contribution >= 0.6 is 0 Å². The van der Waals surface area contributed by atoms with E-state index in [0.29, 0.717) is 5.69 Å². The number of sulfonamides is 1. The molecular formula is C13H22N2O2S. The lowest BCUT2D eigenvalue weighted by Gasteiger charge is -2.21. The zero-order valence-corrected chi connectivity index (χ0v) is 12.2. The van der Waals surface area contributed by atoms with Crippen LogP contribution in [0.2, 0.25) is 0 Å². The minimum atomic E-state index is -3.54. The highest BCUT2D eigenvalue weighted by Crippen LogP contribution is 2.20. The summed E-state index contributed by atoms with van der Waals surface area (Å²) in [5.74, 6) is 0.247. The van der Waals surface area contributed by atoms with Crippen molar-refractivity contribution in [3.05, 3.63) is 23.8 Å². The van der Waals surface area contributed by atoms with Crippen LogP contribution in [0.3, 0.4) is 0 Å². The van der Waals surface area contributed by atoms with Crippen LogP contribution in [0.1, 0.15) is 32.8 Å². The molecule has 0 amide bonds. The fourth-order valence-electron chi connectivity index (χ4n) is 1.87. The minimum absolute atomic E-state index is 0.0734. The average molecular weight is 270 g/mol. The molecule has 0 fully saturated rings. The van der Waals surface area contributed by atoms with Crippen molar-refractivity contribution in [2.75, 3.05) is 5.73 Å². The molecule has 18 heavy (non-hydrogen) atoms. The molecule has 0 aromatic heterocycles. The van der Waals surface area contributed by atoms with Gasteiger partial charge in [-0.1, -0.05) is 26.8 Å². The first-order valence-electron chi connectivity index (χ1n) is 6.16. The van der Waals surface area contributed by atoms with E-state index in [0.717, 1.165) is 12.0 Å². The smallest absolute Gasteiger partial charge is 0.242 e. The molecule has 0 saturated heterocycles. The van der Waals surface area contributed by atoms with Crippen molar-refractivity contribution < 1.29 is 8.42 Å². The van der Waals surface area contributed by atoms with Crippen molar-refractivity contribution in [3.8, 4) is 0 Å². The highest BCUT2D eigenvalue weighted by atomic mass is 32.2. The lowest BCUT2D eigenvalue weighted by atomic mass is 10.0. The number of hydrogen-bond acceptors (Lipinski definition) is 3. The number of rotatable bonds is 5. The molecule has 0 saturated carbocycles. The van der Waals surface area contributed by atoms with E-state index < -0.39 is 10.0 Å². The van der Waals surface area contributed by atoms with E-state index in [1.807, 2.05) is 27.7 Å². The maximum absolute atomic E-state index is 12.2. The molecule has 1 unspecified atom stereocenters. The maximum Gasteiger partial charge on any atom is 0.242 e. The van der Waals surface area contributed by atoms with Gasteiger partial charge in [0.25, 0.3) is 0 Å². The molecule has 102 valence electrons. The molecule has 1 rings (SSSR count). The molecule has 0 bridgehead atoms. The van der Waals surface area contributed by atoms with Crippen LogP contribution in [0, 0.1) is 12.8 Å². The van der Waals surface area contributed by atoms with Gasteiger partial charge in [0.05, 0.1) is 5.69 Å². The molecule has 0 radical (unpaired) electrons. The Morgan fingerprint density at radius 2 is 1.94 bits per heavy atom. The van der Waals surface area contributed by atoms with Crippen LogP contribution in [0.5, 0.6) is 0 Å². The summed E-state index contributed by atoms with van der Waals surface area (Å²) < 4.78 is 27.2. The van der Waals surface area contributed by atoms with Gasteiger partial charge in [0.1, 0.15) is 4.90 Å². The van der Waals surface area contributed by atoms with Gasteiger partial charge in [-0.15, -0.1) is 0 Å². The lowest BCUT2D eigenvalue weighted by molar-refractivity contribution is 0.437. The van der Waals surface area contributed by atoms with E-state index in [9.17, 15) is 8.42 Å². The monoisotopic (exact) mass is 270 g/mol. The number of hydrogen-bond donors (Lipinski definition) is 2. The minimum Gasteiger partial charge on any atom is -0.398 e. The molecule has 4 nitrogen and oxygen atoms in total. The standard InChI is InChI=1S/C13H22N2O2S/c1-5-12(9(2)3)15-18(16,17)13-7-6-10(4)8-11(13)14/h6-9,12,15H,5,14H2,1-4H3. The van der Waals surface area contributed by atoms with Crippen molar-refractivity contribution in [3.63, 3.8) is 0 Å². The number of nitrogens with one attached hydrogen (secondary N) is 1. The molecule has 0 aliphatic heterocycles. The molecule has 0 heterocycles. The number of aryl methyl sites for hydroxylation is 1. The number of anilines is 1. The van der Waals surface area contributed by atoms with Crippen molar-refractivity contribution in [1.29, 1.82) is 0 Å². The summed E-state index contributed by atoms with van der Waals surface area (Å²) in [5.41, 5.74) is 7.02. The molecule has 0 aliphatic rings. The summed E-state index contributed by atoms with van der Waals surface area (Å²) >= 11 is 0. The van der Waals surface area contributed by atoms with Gasteiger partial charge in [0.15, 0.2) is 0 Å². The molecule has 0 spiro atoms. The molecule has 1 aromatic rings. The number of benzene rings is 1. The third-order valence-electron chi connectivity index (χ3n) is 3.01. The Labute approximate surface area is 110 Å². The fourth-order valence-corrected chi connectivity index (χ4v) is 3.45. The van der Waals surface area contributed by atoms with E-state index in [2.05, 4.69) is 4.72 Å². The summed E-state index contributed by atoms with van der Waals surface area (Å²) in [6.07, 6.45) is 0.753. The largest absolute Gasteiger partial charge is 0.398 e. The first-order valence-corrected chi connectivity index (χ1v) is 7.64. The Balaban J connectivity index is 3.06. The molecule has 3 N–H and O–H groups in total. The van der Waals surface area contributed by atoms with Crippen molar-refractivity contribution >= 4 is 15.7 Å². The van der Waals surface area contributed by atoms with E-state index in [4.69, 9.17) is 5.73 Å². The predicted molar refractivity (Wildman–Crippen MR) is 74.8 cm³/mol. The van der Waals surface area contributed by atoms with Gasteiger partial charge in [0.2, 0.25) is 10.0 Å². The van der Waals surface area contributed by atoms with Crippen molar-refractivity contribution in [1.82, 2.24) is 4.72 Å². The molecule has 1 atom stereocenters. The van der Waals surface area contributed by atoms with Gasteiger partial charge >= 0.3 is 0 Å².